The highest BCUT2D eigenvalue weighted by Gasteiger charge is 2.35. The molecule has 2 aliphatic rings. The number of carbonyl (C=O) groups excluding carboxylic acids is 1. The van der Waals surface area contributed by atoms with Gasteiger partial charge in [-0.05, 0) is 84.2 Å². The molecule has 3 heteroatoms. The molecule has 4 atom stereocenters. The van der Waals surface area contributed by atoms with Gasteiger partial charge in [-0.2, -0.15) is 0 Å². The molecule has 32 heavy (non-hydrogen) atoms. The van der Waals surface area contributed by atoms with E-state index in [0.717, 1.165) is 28.5 Å². The van der Waals surface area contributed by atoms with Gasteiger partial charge in [0.25, 0.3) is 0 Å². The van der Waals surface area contributed by atoms with Gasteiger partial charge in [0.2, 0.25) is 0 Å². The zero-order valence-corrected chi connectivity index (χ0v) is 19.9. The SMILES string of the molecule is CCCCCCCC1CCC2CC(c3ccc4cc(C(=O)OC)c(F)cc4c3)CCC2C1. The van der Waals surface area contributed by atoms with Crippen LogP contribution in [0.4, 0.5) is 4.39 Å². The van der Waals surface area contributed by atoms with Gasteiger partial charge in [-0.25, -0.2) is 9.18 Å². The number of fused-ring (bicyclic) bond motifs is 2. The van der Waals surface area contributed by atoms with Crippen LogP contribution in [0.25, 0.3) is 10.8 Å². The second-order valence-corrected chi connectivity index (χ2v) is 10.3. The van der Waals surface area contributed by atoms with Crippen molar-refractivity contribution in [2.24, 2.45) is 17.8 Å². The molecule has 0 saturated heterocycles. The third kappa shape index (κ3) is 5.35. The van der Waals surface area contributed by atoms with Crippen LogP contribution in [-0.4, -0.2) is 13.1 Å². The molecule has 0 amide bonds. The van der Waals surface area contributed by atoms with Crippen molar-refractivity contribution in [1.82, 2.24) is 0 Å². The van der Waals surface area contributed by atoms with E-state index >= 15 is 0 Å². The first-order valence-corrected chi connectivity index (χ1v) is 12.9. The molecular formula is C29H39FO2. The van der Waals surface area contributed by atoms with Crippen molar-refractivity contribution in [1.29, 1.82) is 0 Å². The molecule has 4 unspecified atom stereocenters. The monoisotopic (exact) mass is 438 g/mol. The number of halogens is 1. The van der Waals surface area contributed by atoms with Gasteiger partial charge in [-0.1, -0.05) is 70.1 Å². The lowest BCUT2D eigenvalue weighted by atomic mass is 9.63. The Kier molecular flexibility index (Phi) is 7.86. The van der Waals surface area contributed by atoms with Gasteiger partial charge in [0.1, 0.15) is 5.82 Å². The van der Waals surface area contributed by atoms with Crippen LogP contribution in [0.3, 0.4) is 0 Å². The second-order valence-electron chi connectivity index (χ2n) is 10.3. The molecule has 4 rings (SSSR count). The highest BCUT2D eigenvalue weighted by molar-refractivity contribution is 5.95. The van der Waals surface area contributed by atoms with Crippen LogP contribution in [0.1, 0.15) is 106 Å². The summed E-state index contributed by atoms with van der Waals surface area (Å²) in [5, 5.41) is 1.77. The Morgan fingerprint density at radius 3 is 2.53 bits per heavy atom. The largest absolute Gasteiger partial charge is 0.465 e. The summed E-state index contributed by atoms with van der Waals surface area (Å²) in [4.78, 5) is 11.8. The van der Waals surface area contributed by atoms with Crippen LogP contribution in [0, 0.1) is 23.6 Å². The Balaban J connectivity index is 1.36. The van der Waals surface area contributed by atoms with Gasteiger partial charge in [-0.3, -0.25) is 0 Å². The van der Waals surface area contributed by atoms with Crippen molar-refractivity contribution in [2.45, 2.75) is 89.9 Å². The molecule has 2 aromatic rings. The van der Waals surface area contributed by atoms with Crippen molar-refractivity contribution in [3.63, 3.8) is 0 Å². The summed E-state index contributed by atoms with van der Waals surface area (Å²) in [6, 6.07) is 9.47. The van der Waals surface area contributed by atoms with Gasteiger partial charge in [0.05, 0.1) is 12.7 Å². The molecule has 0 N–H and O–H groups in total. The van der Waals surface area contributed by atoms with Gasteiger partial charge < -0.3 is 4.74 Å². The summed E-state index contributed by atoms with van der Waals surface area (Å²) >= 11 is 0. The average Bonchev–Trinajstić information content (AvgIpc) is 2.82. The lowest BCUT2D eigenvalue weighted by Gasteiger charge is -2.42. The Morgan fingerprint density at radius 2 is 1.72 bits per heavy atom. The maximum atomic E-state index is 14.4. The zero-order chi connectivity index (χ0) is 22.5. The molecule has 0 radical (unpaired) electrons. The van der Waals surface area contributed by atoms with Crippen molar-refractivity contribution in [2.75, 3.05) is 7.11 Å². The predicted octanol–water partition coefficient (Wildman–Crippen LogP) is 8.43. The summed E-state index contributed by atoms with van der Waals surface area (Å²) in [7, 11) is 1.28. The molecule has 0 aromatic heterocycles. The molecule has 2 fully saturated rings. The van der Waals surface area contributed by atoms with Crippen LogP contribution < -0.4 is 0 Å². The van der Waals surface area contributed by atoms with Gasteiger partial charge in [-0.15, -0.1) is 0 Å². The van der Waals surface area contributed by atoms with Crippen LogP contribution in [0.5, 0.6) is 0 Å². The fourth-order valence-electron chi connectivity index (χ4n) is 6.40. The quantitative estimate of drug-likeness (QED) is 0.305. The summed E-state index contributed by atoms with van der Waals surface area (Å²) in [6.45, 7) is 2.29. The lowest BCUT2D eigenvalue weighted by molar-refractivity contribution is 0.0595. The number of methoxy groups -OCH3 is 1. The summed E-state index contributed by atoms with van der Waals surface area (Å²) in [5.41, 5.74) is 1.34. The molecule has 2 nitrogen and oxygen atoms in total. The Labute approximate surface area is 192 Å². The molecule has 2 saturated carbocycles. The molecule has 0 aliphatic heterocycles. The highest BCUT2D eigenvalue weighted by atomic mass is 19.1. The smallest absolute Gasteiger partial charge is 0.340 e. The molecule has 0 spiro atoms. The standard InChI is InChI=1S/C29H39FO2/c1-3-4-5-6-7-8-20-9-10-22-16-23(12-11-21(22)15-20)24-13-14-25-18-27(29(31)32-2)28(30)19-26(25)17-24/h13-14,17-23H,3-12,15-16H2,1-2H3. The van der Waals surface area contributed by atoms with Crippen LogP contribution in [-0.2, 0) is 4.74 Å². The normalized spacial score (nSPS) is 25.5. The lowest BCUT2D eigenvalue weighted by Crippen LogP contribution is -2.30. The second kappa shape index (κ2) is 10.8. The fourth-order valence-corrected chi connectivity index (χ4v) is 6.40. The molecular weight excluding hydrogens is 399 g/mol. The van der Waals surface area contributed by atoms with Gasteiger partial charge >= 0.3 is 5.97 Å². The minimum absolute atomic E-state index is 0.00961. The van der Waals surface area contributed by atoms with Crippen LogP contribution >= 0.6 is 0 Å². The van der Waals surface area contributed by atoms with E-state index in [2.05, 4.69) is 19.1 Å². The number of esters is 1. The third-order valence-electron chi connectivity index (χ3n) is 8.26. The molecule has 0 heterocycles. The molecule has 174 valence electrons. The van der Waals surface area contributed by atoms with E-state index in [4.69, 9.17) is 4.74 Å². The Bertz CT molecular complexity index is 921. The highest BCUT2D eigenvalue weighted by Crippen LogP contribution is 2.48. The topological polar surface area (TPSA) is 26.3 Å². The van der Waals surface area contributed by atoms with E-state index in [1.807, 2.05) is 6.07 Å². The number of benzene rings is 2. The van der Waals surface area contributed by atoms with Crippen LogP contribution in [0.2, 0.25) is 0 Å². The predicted molar refractivity (Wildman–Crippen MR) is 130 cm³/mol. The summed E-state index contributed by atoms with van der Waals surface area (Å²) in [6.07, 6.45) is 16.6. The number of hydrogen-bond acceptors (Lipinski definition) is 2. The number of carbonyl (C=O) groups is 1. The maximum absolute atomic E-state index is 14.4. The minimum atomic E-state index is -0.622. The van der Waals surface area contributed by atoms with E-state index in [1.165, 1.54) is 95.8 Å². The third-order valence-corrected chi connectivity index (χ3v) is 8.26. The van der Waals surface area contributed by atoms with Gasteiger partial charge in [0, 0.05) is 0 Å². The first-order chi connectivity index (χ1) is 15.6. The minimum Gasteiger partial charge on any atom is -0.465 e. The summed E-state index contributed by atoms with van der Waals surface area (Å²) < 4.78 is 19.1. The molecule has 2 aromatic carbocycles. The first-order valence-electron chi connectivity index (χ1n) is 12.9. The van der Waals surface area contributed by atoms with Crippen molar-refractivity contribution in [3.05, 3.63) is 47.3 Å². The first kappa shape index (κ1) is 23.3. The number of unbranched alkanes of at least 4 members (excludes halogenated alkanes) is 4. The van der Waals surface area contributed by atoms with E-state index in [-0.39, 0.29) is 5.56 Å². The van der Waals surface area contributed by atoms with E-state index in [1.54, 1.807) is 6.07 Å². The van der Waals surface area contributed by atoms with Crippen molar-refractivity contribution < 1.29 is 13.9 Å². The molecule has 2 aliphatic carbocycles. The van der Waals surface area contributed by atoms with Crippen molar-refractivity contribution >= 4 is 16.7 Å². The number of rotatable bonds is 8. The zero-order valence-electron chi connectivity index (χ0n) is 19.9. The maximum Gasteiger partial charge on any atom is 0.340 e. The van der Waals surface area contributed by atoms with Gasteiger partial charge in [0.15, 0.2) is 0 Å². The Hall–Kier alpha value is -1.90. The average molecular weight is 439 g/mol. The van der Waals surface area contributed by atoms with E-state index < -0.39 is 11.8 Å². The van der Waals surface area contributed by atoms with Crippen LogP contribution in [0.15, 0.2) is 30.3 Å². The number of hydrogen-bond donors (Lipinski definition) is 0. The fraction of sp³-hybridized carbons (Fsp3) is 0.621. The van der Waals surface area contributed by atoms with E-state index in [9.17, 15) is 9.18 Å². The molecule has 0 bridgehead atoms. The Morgan fingerprint density at radius 1 is 0.938 bits per heavy atom. The summed E-state index contributed by atoms with van der Waals surface area (Å²) in [5.74, 6) is 2.19. The van der Waals surface area contributed by atoms with E-state index in [0.29, 0.717) is 5.92 Å². The number of ether oxygens (including phenoxy) is 1. The van der Waals surface area contributed by atoms with Crippen molar-refractivity contribution in [3.8, 4) is 0 Å².